The number of nitrogens with zero attached hydrogens (tertiary/aromatic N) is 1. The second kappa shape index (κ2) is 8.63. The molecular weight excluding hydrogens is 312 g/mol. The van der Waals surface area contributed by atoms with Gasteiger partial charge in [0, 0.05) is 18.6 Å². The molecular formula is C21H30N2O2. The predicted octanol–water partition coefficient (Wildman–Crippen LogP) is 3.10. The summed E-state index contributed by atoms with van der Waals surface area (Å²) in [5, 5.41) is 3.85. The summed E-state index contributed by atoms with van der Waals surface area (Å²) in [6.45, 7) is 5.23. The number of piperidine rings is 1. The Bertz CT molecular complexity index is 591. The minimum Gasteiger partial charge on any atom is -0.469 e. The quantitative estimate of drug-likeness (QED) is 0.773. The first-order valence-corrected chi connectivity index (χ1v) is 9.44. The molecule has 2 fully saturated rings. The molecule has 1 aromatic rings. The zero-order chi connectivity index (χ0) is 17.6. The number of rotatable bonds is 7. The van der Waals surface area contributed by atoms with Gasteiger partial charge in [-0.15, -0.1) is 0 Å². The van der Waals surface area contributed by atoms with E-state index in [2.05, 4.69) is 53.5 Å². The molecule has 1 heterocycles. The van der Waals surface area contributed by atoms with E-state index in [1.165, 1.54) is 37.5 Å². The third kappa shape index (κ3) is 5.41. The Morgan fingerprint density at radius 2 is 2.00 bits per heavy atom. The van der Waals surface area contributed by atoms with Crippen LogP contribution in [-0.4, -0.2) is 49.7 Å². The van der Waals surface area contributed by atoms with E-state index in [-0.39, 0.29) is 5.97 Å². The molecule has 0 radical (unpaired) electrons. The maximum Gasteiger partial charge on any atom is 0.306 e. The Hall–Kier alpha value is -1.65. The van der Waals surface area contributed by atoms with E-state index in [0.717, 1.165) is 19.6 Å². The van der Waals surface area contributed by atoms with Crippen LogP contribution in [0.2, 0.25) is 0 Å². The number of benzene rings is 1. The van der Waals surface area contributed by atoms with Gasteiger partial charge in [-0.1, -0.05) is 42.0 Å². The SMILES string of the molecule is COC(=O)CCN1CCC(N[C@@H]2C[C@H]2/C(C)=C/c2ccccc2)CC1. The molecule has 0 unspecified atom stereocenters. The Balaban J connectivity index is 1.38. The molecule has 3 rings (SSSR count). The Morgan fingerprint density at radius 1 is 1.28 bits per heavy atom. The van der Waals surface area contributed by atoms with Crippen molar-refractivity contribution >= 4 is 12.0 Å². The van der Waals surface area contributed by atoms with Crippen LogP contribution < -0.4 is 5.32 Å². The number of carbonyl (C=O) groups excluding carboxylic acids is 1. The number of esters is 1. The van der Waals surface area contributed by atoms with Crippen LogP contribution in [0.3, 0.4) is 0 Å². The van der Waals surface area contributed by atoms with Crippen molar-refractivity contribution in [3.63, 3.8) is 0 Å². The standard InChI is InChI=1S/C21H30N2O2/c1-16(14-17-6-4-3-5-7-17)19-15-20(19)22-18-8-11-23(12-9-18)13-10-21(24)25-2/h3-7,14,18-20,22H,8-13,15H2,1-2H3/b16-14+/t19-,20+/m0/s1. The number of likely N-dealkylation sites (tertiary alicyclic amines) is 1. The van der Waals surface area contributed by atoms with Crippen molar-refractivity contribution in [2.75, 3.05) is 26.7 Å². The minimum absolute atomic E-state index is 0.109. The lowest BCUT2D eigenvalue weighted by atomic mass is 10.0. The number of ether oxygens (including phenoxy) is 1. The second-order valence-corrected chi connectivity index (χ2v) is 7.36. The van der Waals surface area contributed by atoms with Crippen LogP contribution in [0.25, 0.3) is 6.08 Å². The average Bonchev–Trinajstić information content (AvgIpc) is 3.41. The van der Waals surface area contributed by atoms with E-state index >= 15 is 0 Å². The summed E-state index contributed by atoms with van der Waals surface area (Å²) in [6, 6.07) is 11.8. The fourth-order valence-corrected chi connectivity index (χ4v) is 3.78. The zero-order valence-electron chi connectivity index (χ0n) is 15.4. The molecule has 0 amide bonds. The molecule has 136 valence electrons. The molecule has 1 saturated carbocycles. The van der Waals surface area contributed by atoms with Gasteiger partial charge in [-0.05, 0) is 50.8 Å². The van der Waals surface area contributed by atoms with Crippen molar-refractivity contribution < 1.29 is 9.53 Å². The van der Waals surface area contributed by atoms with Gasteiger partial charge in [0.2, 0.25) is 0 Å². The molecule has 25 heavy (non-hydrogen) atoms. The third-order valence-electron chi connectivity index (χ3n) is 5.47. The van der Waals surface area contributed by atoms with E-state index in [9.17, 15) is 4.79 Å². The Labute approximate surface area is 151 Å². The molecule has 0 bridgehead atoms. The van der Waals surface area contributed by atoms with Crippen molar-refractivity contribution in [1.29, 1.82) is 0 Å². The van der Waals surface area contributed by atoms with E-state index < -0.39 is 0 Å². The number of methoxy groups -OCH3 is 1. The molecule has 2 atom stereocenters. The zero-order valence-corrected chi connectivity index (χ0v) is 15.4. The lowest BCUT2D eigenvalue weighted by Gasteiger charge is -2.32. The van der Waals surface area contributed by atoms with Gasteiger partial charge in [0.15, 0.2) is 0 Å². The normalized spacial score (nSPS) is 25.0. The number of nitrogens with one attached hydrogen (secondary N) is 1. The smallest absolute Gasteiger partial charge is 0.306 e. The third-order valence-corrected chi connectivity index (χ3v) is 5.47. The molecule has 4 heteroatoms. The lowest BCUT2D eigenvalue weighted by molar-refractivity contribution is -0.141. The van der Waals surface area contributed by atoms with Gasteiger partial charge < -0.3 is 15.0 Å². The largest absolute Gasteiger partial charge is 0.469 e. The summed E-state index contributed by atoms with van der Waals surface area (Å²) in [4.78, 5) is 13.6. The van der Waals surface area contributed by atoms with Crippen LogP contribution in [0, 0.1) is 5.92 Å². The molecule has 1 saturated heterocycles. The van der Waals surface area contributed by atoms with Gasteiger partial charge in [0.25, 0.3) is 0 Å². The highest BCUT2D eigenvalue weighted by atomic mass is 16.5. The highest BCUT2D eigenvalue weighted by Crippen LogP contribution is 2.38. The van der Waals surface area contributed by atoms with Crippen LogP contribution in [0.15, 0.2) is 35.9 Å². The fourth-order valence-electron chi connectivity index (χ4n) is 3.78. The van der Waals surface area contributed by atoms with Crippen LogP contribution in [0.1, 0.15) is 38.2 Å². The van der Waals surface area contributed by atoms with Gasteiger partial charge in [-0.25, -0.2) is 0 Å². The highest BCUT2D eigenvalue weighted by molar-refractivity contribution is 5.69. The van der Waals surface area contributed by atoms with Gasteiger partial charge >= 0.3 is 5.97 Å². The maximum atomic E-state index is 11.2. The predicted molar refractivity (Wildman–Crippen MR) is 101 cm³/mol. The summed E-state index contributed by atoms with van der Waals surface area (Å²) < 4.78 is 4.72. The molecule has 0 spiro atoms. The van der Waals surface area contributed by atoms with Crippen molar-refractivity contribution in [1.82, 2.24) is 10.2 Å². The summed E-state index contributed by atoms with van der Waals surface area (Å²) >= 11 is 0. The van der Waals surface area contributed by atoms with Crippen LogP contribution >= 0.6 is 0 Å². The van der Waals surface area contributed by atoms with Crippen LogP contribution in [-0.2, 0) is 9.53 Å². The minimum atomic E-state index is -0.109. The Morgan fingerprint density at radius 3 is 2.68 bits per heavy atom. The van der Waals surface area contributed by atoms with Gasteiger partial charge in [-0.3, -0.25) is 4.79 Å². The lowest BCUT2D eigenvalue weighted by Crippen LogP contribution is -2.44. The van der Waals surface area contributed by atoms with Crippen molar-refractivity contribution in [3.05, 3.63) is 41.5 Å². The van der Waals surface area contributed by atoms with E-state index in [1.54, 1.807) is 0 Å². The van der Waals surface area contributed by atoms with Crippen molar-refractivity contribution in [2.24, 2.45) is 5.92 Å². The van der Waals surface area contributed by atoms with Gasteiger partial charge in [0.05, 0.1) is 13.5 Å². The molecule has 1 aliphatic heterocycles. The first-order valence-electron chi connectivity index (χ1n) is 9.44. The fraction of sp³-hybridized carbons (Fsp3) is 0.571. The number of hydrogen-bond donors (Lipinski definition) is 1. The summed E-state index contributed by atoms with van der Waals surface area (Å²) in [5.74, 6) is 0.583. The van der Waals surface area contributed by atoms with Crippen LogP contribution in [0.4, 0.5) is 0 Å². The van der Waals surface area contributed by atoms with E-state index in [4.69, 9.17) is 4.74 Å². The Kier molecular flexibility index (Phi) is 6.27. The summed E-state index contributed by atoms with van der Waals surface area (Å²) in [7, 11) is 1.46. The van der Waals surface area contributed by atoms with E-state index in [0.29, 0.717) is 24.4 Å². The molecule has 1 aromatic carbocycles. The van der Waals surface area contributed by atoms with Crippen LogP contribution in [0.5, 0.6) is 0 Å². The molecule has 1 N–H and O–H groups in total. The molecule has 2 aliphatic rings. The van der Waals surface area contributed by atoms with Gasteiger partial charge in [-0.2, -0.15) is 0 Å². The molecule has 0 aromatic heterocycles. The monoisotopic (exact) mass is 342 g/mol. The summed E-state index contributed by atoms with van der Waals surface area (Å²) in [6.07, 6.45) is 6.43. The average molecular weight is 342 g/mol. The second-order valence-electron chi connectivity index (χ2n) is 7.36. The summed E-state index contributed by atoms with van der Waals surface area (Å²) in [5.41, 5.74) is 2.78. The topological polar surface area (TPSA) is 41.6 Å². The number of hydrogen-bond acceptors (Lipinski definition) is 4. The highest BCUT2D eigenvalue weighted by Gasteiger charge is 2.39. The van der Waals surface area contributed by atoms with Gasteiger partial charge in [0.1, 0.15) is 0 Å². The van der Waals surface area contributed by atoms with E-state index in [1.807, 2.05) is 0 Å². The van der Waals surface area contributed by atoms with Crippen molar-refractivity contribution in [3.8, 4) is 0 Å². The number of carbonyl (C=O) groups is 1. The first-order chi connectivity index (χ1) is 12.2. The molecule has 1 aliphatic carbocycles. The molecule has 4 nitrogen and oxygen atoms in total. The van der Waals surface area contributed by atoms with Crippen molar-refractivity contribution in [2.45, 2.75) is 44.7 Å². The first kappa shape index (κ1) is 18.2. The maximum absolute atomic E-state index is 11.2.